The van der Waals surface area contributed by atoms with Crippen LogP contribution >= 0.6 is 15.2 Å². The van der Waals surface area contributed by atoms with Gasteiger partial charge in [0.1, 0.15) is 0 Å². The molecule has 10 heteroatoms. The third-order valence-corrected chi connectivity index (χ3v) is 5.37. The highest BCUT2D eigenvalue weighted by molar-refractivity contribution is 7.72. The molecule has 15 heavy (non-hydrogen) atoms. The van der Waals surface area contributed by atoms with Gasteiger partial charge in [-0.2, -0.15) is 0 Å². The van der Waals surface area contributed by atoms with E-state index in [0.29, 0.717) is 0 Å². The quantitative estimate of drug-likeness (QED) is 0.356. The van der Waals surface area contributed by atoms with Gasteiger partial charge in [0.15, 0.2) is 0 Å². The van der Waals surface area contributed by atoms with Gasteiger partial charge < -0.3 is 30.4 Å². The van der Waals surface area contributed by atoms with Gasteiger partial charge in [0.2, 0.25) is 0 Å². The van der Waals surface area contributed by atoms with E-state index in [-0.39, 0.29) is 0 Å². The summed E-state index contributed by atoms with van der Waals surface area (Å²) in [5.41, 5.74) is 4.03. The summed E-state index contributed by atoms with van der Waals surface area (Å²) in [6.07, 6.45) is -0.922. The van der Waals surface area contributed by atoms with Crippen molar-refractivity contribution in [1.29, 1.82) is 0 Å². The Morgan fingerprint density at radius 1 is 1.07 bits per heavy atom. The molecule has 0 aromatic carbocycles. The molecule has 0 saturated heterocycles. The van der Waals surface area contributed by atoms with Crippen LogP contribution in [0, 0.1) is 0 Å². The summed E-state index contributed by atoms with van der Waals surface area (Å²) in [7, 11) is -10.8. The summed E-state index contributed by atoms with van der Waals surface area (Å²) in [4.78, 5) is 35.0. The van der Waals surface area contributed by atoms with Crippen LogP contribution in [0.3, 0.4) is 0 Å². The number of aliphatic hydroxyl groups is 1. The van der Waals surface area contributed by atoms with E-state index >= 15 is 0 Å². The highest BCUT2D eigenvalue weighted by atomic mass is 31.2. The van der Waals surface area contributed by atoms with Gasteiger partial charge in [-0.05, 0) is 13.8 Å². The molecular formula is C5H15NO7P2. The lowest BCUT2D eigenvalue weighted by atomic mass is 10.0. The molecule has 0 rings (SSSR count). The van der Waals surface area contributed by atoms with E-state index < -0.39 is 32.2 Å². The summed E-state index contributed by atoms with van der Waals surface area (Å²) in [5.74, 6) is 0. The molecule has 0 fully saturated rings. The zero-order chi connectivity index (χ0) is 12.7. The fourth-order valence-electron chi connectivity index (χ4n) is 0.987. The average Bonchev–Trinajstić information content (AvgIpc) is 1.77. The van der Waals surface area contributed by atoms with Gasteiger partial charge in [-0.3, -0.25) is 9.13 Å². The maximum Gasteiger partial charge on any atom is 0.369 e. The van der Waals surface area contributed by atoms with E-state index in [4.69, 9.17) is 25.3 Å². The number of hydrogen-bond acceptors (Lipinski definition) is 4. The topological polar surface area (TPSA) is 161 Å². The largest absolute Gasteiger partial charge is 0.369 e. The van der Waals surface area contributed by atoms with Gasteiger partial charge in [0, 0.05) is 12.0 Å². The van der Waals surface area contributed by atoms with Crippen LogP contribution in [0.2, 0.25) is 0 Å². The lowest BCUT2D eigenvalue weighted by Gasteiger charge is -2.34. The van der Waals surface area contributed by atoms with Crippen LogP contribution in [0.4, 0.5) is 0 Å². The Kier molecular flexibility index (Phi) is 3.96. The third-order valence-electron chi connectivity index (χ3n) is 1.63. The van der Waals surface area contributed by atoms with Gasteiger partial charge in [0.25, 0.3) is 5.08 Å². The van der Waals surface area contributed by atoms with Crippen molar-refractivity contribution in [3.8, 4) is 0 Å². The Hall–Kier alpha value is 0.220. The SMILES string of the molecule is CC(C)(N)CC(O)(P(=O)(O)O)P(=O)(O)O. The zero-order valence-electron chi connectivity index (χ0n) is 8.23. The molecule has 0 aromatic heterocycles. The molecule has 0 aliphatic heterocycles. The van der Waals surface area contributed by atoms with Crippen molar-refractivity contribution in [3.05, 3.63) is 0 Å². The highest BCUT2D eigenvalue weighted by Crippen LogP contribution is 2.69. The van der Waals surface area contributed by atoms with Crippen LogP contribution < -0.4 is 5.73 Å². The number of rotatable bonds is 4. The lowest BCUT2D eigenvalue weighted by molar-refractivity contribution is 0.105. The van der Waals surface area contributed by atoms with Crippen molar-refractivity contribution < 1.29 is 33.8 Å². The van der Waals surface area contributed by atoms with E-state index in [1.165, 1.54) is 13.8 Å². The normalized spacial score (nSPS) is 15.5. The maximum atomic E-state index is 10.9. The first kappa shape index (κ1) is 15.2. The first-order valence-corrected chi connectivity index (χ1v) is 7.06. The molecule has 0 aliphatic rings. The van der Waals surface area contributed by atoms with Gasteiger partial charge in [-0.25, -0.2) is 0 Å². The predicted octanol–water partition coefficient (Wildman–Crippen LogP) is -0.885. The van der Waals surface area contributed by atoms with Crippen LogP contribution in [0.25, 0.3) is 0 Å². The summed E-state index contributed by atoms with van der Waals surface area (Å²) in [5, 5.41) is 5.98. The molecule has 0 heterocycles. The first-order chi connectivity index (χ1) is 6.21. The molecule has 7 N–H and O–H groups in total. The molecule has 0 unspecified atom stereocenters. The Morgan fingerprint density at radius 3 is 1.40 bits per heavy atom. The molecule has 0 aliphatic carbocycles. The monoisotopic (exact) mass is 263 g/mol. The molecule has 0 saturated carbocycles. The Bertz CT molecular complexity index is 301. The number of nitrogens with two attached hydrogens (primary N) is 1. The van der Waals surface area contributed by atoms with Crippen LogP contribution in [0.1, 0.15) is 20.3 Å². The molecule has 0 atom stereocenters. The predicted molar refractivity (Wildman–Crippen MR) is 51.9 cm³/mol. The Balaban J connectivity index is 5.46. The summed E-state index contributed by atoms with van der Waals surface area (Å²) >= 11 is 0. The van der Waals surface area contributed by atoms with E-state index in [9.17, 15) is 14.2 Å². The van der Waals surface area contributed by atoms with Crippen molar-refractivity contribution in [2.75, 3.05) is 0 Å². The second-order valence-corrected chi connectivity index (χ2v) is 8.04. The molecule has 0 radical (unpaired) electrons. The van der Waals surface area contributed by atoms with Crippen molar-refractivity contribution in [2.45, 2.75) is 30.9 Å². The number of hydrogen-bond donors (Lipinski definition) is 6. The van der Waals surface area contributed by atoms with E-state index in [0.717, 1.165) is 0 Å². The average molecular weight is 263 g/mol. The molecular weight excluding hydrogens is 248 g/mol. The summed E-state index contributed by atoms with van der Waals surface area (Å²) in [6, 6.07) is 0. The molecule has 8 nitrogen and oxygen atoms in total. The third kappa shape index (κ3) is 3.62. The second-order valence-electron chi connectivity index (χ2n) is 4.03. The molecule has 0 bridgehead atoms. The molecule has 0 spiro atoms. The summed E-state index contributed by atoms with van der Waals surface area (Å²) < 4.78 is 21.7. The van der Waals surface area contributed by atoms with Crippen LogP contribution in [0.5, 0.6) is 0 Å². The van der Waals surface area contributed by atoms with Crippen molar-refractivity contribution in [2.24, 2.45) is 5.73 Å². The van der Waals surface area contributed by atoms with Crippen molar-refractivity contribution in [3.63, 3.8) is 0 Å². The van der Waals surface area contributed by atoms with E-state index in [1.54, 1.807) is 0 Å². The maximum absolute atomic E-state index is 10.9. The van der Waals surface area contributed by atoms with Crippen molar-refractivity contribution in [1.82, 2.24) is 0 Å². The van der Waals surface area contributed by atoms with Crippen LogP contribution in [-0.2, 0) is 9.13 Å². The minimum atomic E-state index is -5.39. The van der Waals surface area contributed by atoms with Gasteiger partial charge >= 0.3 is 15.2 Å². The van der Waals surface area contributed by atoms with Crippen molar-refractivity contribution >= 4 is 15.2 Å². The van der Waals surface area contributed by atoms with E-state index in [2.05, 4.69) is 0 Å². The van der Waals surface area contributed by atoms with Gasteiger partial charge in [0.05, 0.1) is 0 Å². The standard InChI is InChI=1S/C5H15NO7P2/c1-4(2,6)3-5(7,14(8,9)10)15(11,12)13/h7H,3,6H2,1-2H3,(H2,8,9,10)(H2,11,12,13). The highest BCUT2D eigenvalue weighted by Gasteiger charge is 2.60. The first-order valence-electron chi connectivity index (χ1n) is 3.83. The fraction of sp³-hybridized carbons (Fsp3) is 1.00. The molecule has 92 valence electrons. The molecule has 0 aromatic rings. The smallest absolute Gasteiger partial charge is 0.367 e. The lowest BCUT2D eigenvalue weighted by Crippen LogP contribution is -2.43. The van der Waals surface area contributed by atoms with Crippen LogP contribution in [0.15, 0.2) is 0 Å². The minimum Gasteiger partial charge on any atom is -0.367 e. The Labute approximate surface area is 86.4 Å². The minimum absolute atomic E-state index is 0.922. The zero-order valence-corrected chi connectivity index (χ0v) is 10.0. The molecule has 0 amide bonds. The van der Waals surface area contributed by atoms with Crippen LogP contribution in [-0.4, -0.2) is 35.3 Å². The summed E-state index contributed by atoms with van der Waals surface area (Å²) in [6.45, 7) is 2.56. The second kappa shape index (κ2) is 3.91. The Morgan fingerprint density at radius 2 is 1.33 bits per heavy atom. The van der Waals surface area contributed by atoms with Gasteiger partial charge in [-0.1, -0.05) is 0 Å². The van der Waals surface area contributed by atoms with E-state index in [1.807, 2.05) is 0 Å². The van der Waals surface area contributed by atoms with Gasteiger partial charge in [-0.15, -0.1) is 0 Å². The fourth-order valence-corrected chi connectivity index (χ4v) is 3.57.